The van der Waals surface area contributed by atoms with Crippen molar-refractivity contribution in [3.05, 3.63) is 0 Å². The van der Waals surface area contributed by atoms with Crippen LogP contribution in [0.4, 0.5) is 0 Å². The van der Waals surface area contributed by atoms with Crippen molar-refractivity contribution in [1.29, 1.82) is 0 Å². The van der Waals surface area contributed by atoms with Crippen LogP contribution in [0, 0.1) is 5.92 Å². The van der Waals surface area contributed by atoms with Gasteiger partial charge >= 0.3 is 0 Å². The predicted octanol–water partition coefficient (Wildman–Crippen LogP) is 2.95. The molecule has 0 spiro atoms. The Hall–Kier alpha value is -0.370. The number of ketones is 1. The van der Waals surface area contributed by atoms with E-state index in [-0.39, 0.29) is 0 Å². The van der Waals surface area contributed by atoms with Crippen molar-refractivity contribution in [3.8, 4) is 0 Å². The Morgan fingerprint density at radius 1 is 1.29 bits per heavy atom. The van der Waals surface area contributed by atoms with Crippen LogP contribution in [0.2, 0.25) is 0 Å². The summed E-state index contributed by atoms with van der Waals surface area (Å²) in [7, 11) is 0. The van der Waals surface area contributed by atoms with E-state index in [0.717, 1.165) is 25.7 Å². The van der Waals surface area contributed by atoms with Crippen molar-refractivity contribution in [2.24, 2.45) is 5.92 Å². The third-order valence-electron chi connectivity index (χ3n) is 3.49. The summed E-state index contributed by atoms with van der Waals surface area (Å²) in [6, 6.07) is 0. The molecular weight excluding hydrogens is 176 g/mol. The molecule has 1 aliphatic rings. The van der Waals surface area contributed by atoms with Gasteiger partial charge in [0.25, 0.3) is 0 Å². The quantitative estimate of drug-likeness (QED) is 0.656. The van der Waals surface area contributed by atoms with E-state index in [1.165, 1.54) is 6.42 Å². The summed E-state index contributed by atoms with van der Waals surface area (Å²) in [5.74, 6) is 0.650. The van der Waals surface area contributed by atoms with Gasteiger partial charge in [0.15, 0.2) is 5.78 Å². The molecule has 0 saturated heterocycles. The van der Waals surface area contributed by atoms with E-state index < -0.39 is 5.60 Å². The maximum Gasteiger partial charge on any atom is 0.167 e. The van der Waals surface area contributed by atoms with Gasteiger partial charge < -0.3 is 4.74 Å². The molecule has 1 saturated carbocycles. The van der Waals surface area contributed by atoms with E-state index in [2.05, 4.69) is 13.8 Å². The molecule has 2 nitrogen and oxygen atoms in total. The van der Waals surface area contributed by atoms with Gasteiger partial charge in [-0.3, -0.25) is 4.79 Å². The topological polar surface area (TPSA) is 26.3 Å². The van der Waals surface area contributed by atoms with Gasteiger partial charge in [-0.15, -0.1) is 0 Å². The Bertz CT molecular complexity index is 190. The number of ether oxygens (including phenoxy) is 1. The lowest BCUT2D eigenvalue weighted by atomic mass is 9.74. The molecule has 0 aromatic heterocycles. The number of carbonyl (C=O) groups is 1. The smallest absolute Gasteiger partial charge is 0.167 e. The summed E-state index contributed by atoms with van der Waals surface area (Å²) in [6.45, 7) is 6.71. The van der Waals surface area contributed by atoms with Crippen LogP contribution in [0.15, 0.2) is 0 Å². The Morgan fingerprint density at radius 2 is 1.86 bits per heavy atom. The summed E-state index contributed by atoms with van der Waals surface area (Å²) in [5.41, 5.74) is -0.472. The normalized spacial score (nSPS) is 17.9. The molecule has 0 N–H and O–H groups in total. The fourth-order valence-electron chi connectivity index (χ4n) is 2.19. The average molecular weight is 198 g/mol. The third-order valence-corrected chi connectivity index (χ3v) is 3.49. The zero-order valence-electron chi connectivity index (χ0n) is 9.64. The highest BCUT2D eigenvalue weighted by molar-refractivity contribution is 5.90. The van der Waals surface area contributed by atoms with E-state index in [9.17, 15) is 4.79 Å². The maximum absolute atomic E-state index is 12.2. The molecular formula is C12H22O2. The molecule has 2 heteroatoms. The maximum atomic E-state index is 12.2. The highest BCUT2D eigenvalue weighted by Crippen LogP contribution is 2.35. The molecule has 82 valence electrons. The van der Waals surface area contributed by atoms with E-state index in [1.807, 2.05) is 6.92 Å². The lowest BCUT2D eigenvalue weighted by Gasteiger charge is -2.36. The number of hydrogen-bond acceptors (Lipinski definition) is 2. The van der Waals surface area contributed by atoms with Crippen LogP contribution >= 0.6 is 0 Å². The Labute approximate surface area is 87.0 Å². The predicted molar refractivity (Wildman–Crippen MR) is 57.3 cm³/mol. The van der Waals surface area contributed by atoms with Gasteiger partial charge in [-0.1, -0.05) is 20.3 Å². The summed E-state index contributed by atoms with van der Waals surface area (Å²) < 4.78 is 5.70. The molecule has 0 bridgehead atoms. The fourth-order valence-corrected chi connectivity index (χ4v) is 2.19. The van der Waals surface area contributed by atoms with Crippen LogP contribution in [0.25, 0.3) is 0 Å². The second-order valence-corrected chi connectivity index (χ2v) is 4.13. The first-order chi connectivity index (χ1) is 6.70. The van der Waals surface area contributed by atoms with E-state index in [1.54, 1.807) is 0 Å². The Kier molecular flexibility index (Phi) is 4.11. The molecule has 0 heterocycles. The molecule has 0 aromatic carbocycles. The second-order valence-electron chi connectivity index (χ2n) is 4.13. The standard InChI is InChI=1S/C12H22O2/c1-4-12(5-2,14-6-3)11(13)10-8-7-9-10/h10H,4-9H2,1-3H3. The van der Waals surface area contributed by atoms with Gasteiger partial charge in [-0.05, 0) is 32.6 Å². The lowest BCUT2D eigenvalue weighted by molar-refractivity contribution is -0.152. The SMILES string of the molecule is CCOC(CC)(CC)C(=O)C1CCC1. The molecule has 1 fully saturated rings. The van der Waals surface area contributed by atoms with Gasteiger partial charge in [0.05, 0.1) is 0 Å². The molecule has 14 heavy (non-hydrogen) atoms. The van der Waals surface area contributed by atoms with Crippen LogP contribution in [0.1, 0.15) is 52.9 Å². The van der Waals surface area contributed by atoms with Crippen molar-refractivity contribution in [1.82, 2.24) is 0 Å². The molecule has 0 radical (unpaired) electrons. The van der Waals surface area contributed by atoms with E-state index in [4.69, 9.17) is 4.74 Å². The van der Waals surface area contributed by atoms with Crippen molar-refractivity contribution < 1.29 is 9.53 Å². The second kappa shape index (κ2) is 4.92. The van der Waals surface area contributed by atoms with Crippen molar-refractivity contribution >= 4 is 5.78 Å². The number of rotatable bonds is 6. The van der Waals surface area contributed by atoms with Crippen LogP contribution in [0.5, 0.6) is 0 Å². The summed E-state index contributed by atoms with van der Waals surface area (Å²) >= 11 is 0. The van der Waals surface area contributed by atoms with Crippen molar-refractivity contribution in [2.45, 2.75) is 58.5 Å². The van der Waals surface area contributed by atoms with Gasteiger partial charge in [-0.2, -0.15) is 0 Å². The fraction of sp³-hybridized carbons (Fsp3) is 0.917. The highest BCUT2D eigenvalue weighted by atomic mass is 16.5. The molecule has 0 amide bonds. The van der Waals surface area contributed by atoms with Gasteiger partial charge in [0, 0.05) is 12.5 Å². The number of hydrogen-bond donors (Lipinski definition) is 0. The first kappa shape index (κ1) is 11.7. The zero-order chi connectivity index (χ0) is 10.6. The summed E-state index contributed by atoms with van der Waals surface area (Å²) in [5, 5.41) is 0. The van der Waals surface area contributed by atoms with E-state index in [0.29, 0.717) is 18.3 Å². The highest BCUT2D eigenvalue weighted by Gasteiger charge is 2.41. The minimum Gasteiger partial charge on any atom is -0.368 e. The molecule has 0 aliphatic heterocycles. The lowest BCUT2D eigenvalue weighted by Crippen LogP contribution is -2.46. The molecule has 1 rings (SSSR count). The Morgan fingerprint density at radius 3 is 2.14 bits per heavy atom. The van der Waals surface area contributed by atoms with Crippen LogP contribution in [-0.2, 0) is 9.53 Å². The molecule has 0 atom stereocenters. The molecule has 0 aromatic rings. The van der Waals surface area contributed by atoms with Crippen LogP contribution in [-0.4, -0.2) is 18.0 Å². The van der Waals surface area contributed by atoms with E-state index >= 15 is 0 Å². The third kappa shape index (κ3) is 2.00. The minimum atomic E-state index is -0.472. The zero-order valence-corrected chi connectivity index (χ0v) is 9.64. The average Bonchev–Trinajstić information content (AvgIpc) is 2.11. The number of Topliss-reactive ketones (excluding diaryl/α,β-unsaturated/α-hetero) is 1. The largest absolute Gasteiger partial charge is 0.368 e. The first-order valence-electron chi connectivity index (χ1n) is 5.88. The van der Waals surface area contributed by atoms with Gasteiger partial charge in [0.1, 0.15) is 5.60 Å². The summed E-state index contributed by atoms with van der Waals surface area (Å²) in [4.78, 5) is 12.2. The monoisotopic (exact) mass is 198 g/mol. The van der Waals surface area contributed by atoms with Gasteiger partial charge in [0.2, 0.25) is 0 Å². The van der Waals surface area contributed by atoms with Crippen molar-refractivity contribution in [2.75, 3.05) is 6.61 Å². The molecule has 1 aliphatic carbocycles. The Balaban J connectivity index is 2.68. The van der Waals surface area contributed by atoms with Crippen LogP contribution < -0.4 is 0 Å². The molecule has 0 unspecified atom stereocenters. The van der Waals surface area contributed by atoms with Crippen molar-refractivity contribution in [3.63, 3.8) is 0 Å². The van der Waals surface area contributed by atoms with Gasteiger partial charge in [-0.25, -0.2) is 0 Å². The summed E-state index contributed by atoms with van der Waals surface area (Å²) in [6.07, 6.45) is 4.99. The minimum absolute atomic E-state index is 0.293. The number of carbonyl (C=O) groups excluding carboxylic acids is 1. The first-order valence-corrected chi connectivity index (χ1v) is 5.88. The van der Waals surface area contributed by atoms with Crippen LogP contribution in [0.3, 0.4) is 0 Å².